The average Bonchev–Trinajstić information content (AvgIpc) is 2.89. The first kappa shape index (κ1) is 23.9. The number of alkyl carbamates (subject to hydrolysis) is 1. The number of carbonyl (C=O) groups excluding carboxylic acids is 1. The maximum Gasteiger partial charge on any atom is 0.407 e. The summed E-state index contributed by atoms with van der Waals surface area (Å²) in [4.78, 5) is 14.9. The molecule has 1 saturated carbocycles. The van der Waals surface area contributed by atoms with E-state index in [4.69, 9.17) is 14.7 Å². The number of piperidine rings is 1. The second kappa shape index (κ2) is 11.8. The van der Waals surface area contributed by atoms with Gasteiger partial charge in [-0.25, -0.2) is 4.79 Å². The third-order valence-electron chi connectivity index (χ3n) is 6.83. The zero-order valence-corrected chi connectivity index (χ0v) is 19.8. The quantitative estimate of drug-likeness (QED) is 0.636. The van der Waals surface area contributed by atoms with Gasteiger partial charge in [-0.15, -0.1) is 0 Å². The van der Waals surface area contributed by atoms with Crippen molar-refractivity contribution in [3.05, 3.63) is 59.7 Å². The molecule has 2 aromatic rings. The van der Waals surface area contributed by atoms with Crippen molar-refractivity contribution in [2.75, 3.05) is 25.1 Å². The third kappa shape index (κ3) is 6.42. The van der Waals surface area contributed by atoms with Crippen LogP contribution in [-0.4, -0.2) is 44.4 Å². The molecule has 0 spiro atoms. The Morgan fingerprint density at radius 3 is 2.47 bits per heavy atom. The van der Waals surface area contributed by atoms with Gasteiger partial charge in [0.05, 0.1) is 18.7 Å². The largest absolute Gasteiger partial charge is 0.497 e. The van der Waals surface area contributed by atoms with Gasteiger partial charge in [0.1, 0.15) is 12.4 Å². The van der Waals surface area contributed by atoms with Crippen LogP contribution in [0.1, 0.15) is 49.7 Å². The molecule has 4 rings (SSSR count). The molecule has 7 nitrogen and oxygen atoms in total. The minimum atomic E-state index is -0.364. The number of hydrogen-bond donors (Lipinski definition) is 2. The van der Waals surface area contributed by atoms with Crippen molar-refractivity contribution in [3.8, 4) is 11.8 Å². The Bertz CT molecular complexity index is 971. The maximum atomic E-state index is 12.5. The van der Waals surface area contributed by atoms with Crippen LogP contribution in [-0.2, 0) is 11.3 Å². The Morgan fingerprint density at radius 1 is 1.03 bits per heavy atom. The molecule has 2 N–H and O–H groups in total. The second-order valence-corrected chi connectivity index (χ2v) is 9.18. The lowest BCUT2D eigenvalue weighted by Crippen LogP contribution is -2.57. The fourth-order valence-corrected chi connectivity index (χ4v) is 4.96. The minimum Gasteiger partial charge on any atom is -0.497 e. The molecule has 34 heavy (non-hydrogen) atoms. The van der Waals surface area contributed by atoms with Crippen molar-refractivity contribution < 1.29 is 14.3 Å². The van der Waals surface area contributed by atoms with Crippen LogP contribution in [0.15, 0.2) is 48.5 Å². The smallest absolute Gasteiger partial charge is 0.407 e. The number of amides is 1. The summed E-state index contributed by atoms with van der Waals surface area (Å²) in [5, 5.41) is 16.0. The van der Waals surface area contributed by atoms with E-state index in [2.05, 4.69) is 21.6 Å². The van der Waals surface area contributed by atoms with E-state index < -0.39 is 0 Å². The molecule has 2 fully saturated rings. The summed E-state index contributed by atoms with van der Waals surface area (Å²) in [7, 11) is 1.63. The van der Waals surface area contributed by atoms with Gasteiger partial charge in [0.2, 0.25) is 0 Å². The zero-order valence-electron chi connectivity index (χ0n) is 19.8. The highest BCUT2D eigenvalue weighted by molar-refractivity contribution is 5.67. The predicted molar refractivity (Wildman–Crippen MR) is 132 cm³/mol. The molecule has 0 aromatic heterocycles. The van der Waals surface area contributed by atoms with Gasteiger partial charge in [-0.05, 0) is 67.6 Å². The Hall–Kier alpha value is -3.24. The molecule has 180 valence electrons. The summed E-state index contributed by atoms with van der Waals surface area (Å²) in [6.07, 6.45) is 6.17. The van der Waals surface area contributed by atoms with Gasteiger partial charge in [-0.2, -0.15) is 5.26 Å². The number of carbonyl (C=O) groups is 1. The molecule has 7 heteroatoms. The summed E-state index contributed by atoms with van der Waals surface area (Å²) in [5.74, 6) is 0.782. The van der Waals surface area contributed by atoms with Crippen LogP contribution >= 0.6 is 0 Å². The molecule has 0 radical (unpaired) electrons. The molecule has 2 aromatic carbocycles. The van der Waals surface area contributed by atoms with Crippen LogP contribution in [0.4, 0.5) is 10.5 Å². The standard InChI is InChI=1S/C27H34N4O3/c1-33-24-14-10-21(11-15-24)19-34-27(32)30-26-7-3-2-6-25(26)29-22-5-4-16-31(18-22)23-12-8-20(17-28)9-13-23/h8-15,22,25-26,29H,2-7,16,18-19H2,1H3,(H,30,32)/t22-,25+,26+/m0/s1. The van der Waals surface area contributed by atoms with E-state index in [1.165, 1.54) is 6.42 Å². The van der Waals surface area contributed by atoms with E-state index in [1.807, 2.05) is 48.5 Å². The average molecular weight is 463 g/mol. The lowest BCUT2D eigenvalue weighted by Gasteiger charge is -2.40. The molecule has 0 bridgehead atoms. The fraction of sp³-hybridized carbons (Fsp3) is 0.481. The van der Waals surface area contributed by atoms with Crippen molar-refractivity contribution in [2.45, 2.75) is 63.3 Å². The molecule has 1 heterocycles. The van der Waals surface area contributed by atoms with E-state index in [0.29, 0.717) is 11.6 Å². The van der Waals surface area contributed by atoms with Gasteiger partial charge in [-0.3, -0.25) is 0 Å². The molecule has 1 aliphatic heterocycles. The van der Waals surface area contributed by atoms with Crippen molar-refractivity contribution in [3.63, 3.8) is 0 Å². The first-order valence-corrected chi connectivity index (χ1v) is 12.2. The van der Waals surface area contributed by atoms with E-state index in [9.17, 15) is 4.79 Å². The molecule has 1 amide bonds. The monoisotopic (exact) mass is 462 g/mol. The number of methoxy groups -OCH3 is 1. The Morgan fingerprint density at radius 2 is 1.76 bits per heavy atom. The van der Waals surface area contributed by atoms with Gasteiger partial charge in [0, 0.05) is 36.9 Å². The molecular formula is C27H34N4O3. The summed E-state index contributed by atoms with van der Waals surface area (Å²) >= 11 is 0. The summed E-state index contributed by atoms with van der Waals surface area (Å²) in [6, 6.07) is 18.2. The Balaban J connectivity index is 1.28. The highest BCUT2D eigenvalue weighted by Crippen LogP contribution is 2.24. The van der Waals surface area contributed by atoms with E-state index in [0.717, 1.165) is 62.2 Å². The van der Waals surface area contributed by atoms with Gasteiger partial charge < -0.3 is 25.0 Å². The number of ether oxygens (including phenoxy) is 2. The van der Waals surface area contributed by atoms with Crippen LogP contribution in [0.3, 0.4) is 0 Å². The van der Waals surface area contributed by atoms with E-state index in [-0.39, 0.29) is 24.8 Å². The number of nitrogens with zero attached hydrogens (tertiary/aromatic N) is 2. The third-order valence-corrected chi connectivity index (χ3v) is 6.83. The maximum absolute atomic E-state index is 12.5. The number of rotatable bonds is 7. The van der Waals surface area contributed by atoms with Gasteiger partial charge in [0.15, 0.2) is 0 Å². The first-order chi connectivity index (χ1) is 16.6. The van der Waals surface area contributed by atoms with Gasteiger partial charge in [0.25, 0.3) is 0 Å². The molecule has 1 saturated heterocycles. The lowest BCUT2D eigenvalue weighted by molar-refractivity contribution is 0.128. The van der Waals surface area contributed by atoms with Crippen LogP contribution in [0.25, 0.3) is 0 Å². The molecule has 0 unspecified atom stereocenters. The number of hydrogen-bond acceptors (Lipinski definition) is 6. The van der Waals surface area contributed by atoms with E-state index in [1.54, 1.807) is 7.11 Å². The molecule has 1 aliphatic carbocycles. The number of nitriles is 1. The highest BCUT2D eigenvalue weighted by atomic mass is 16.5. The Kier molecular flexibility index (Phi) is 8.26. The van der Waals surface area contributed by atoms with Crippen molar-refractivity contribution in [1.29, 1.82) is 5.26 Å². The van der Waals surface area contributed by atoms with Gasteiger partial charge in [-0.1, -0.05) is 25.0 Å². The normalized spacial score (nSPS) is 22.5. The first-order valence-electron chi connectivity index (χ1n) is 12.2. The van der Waals surface area contributed by atoms with Crippen LogP contribution in [0.5, 0.6) is 5.75 Å². The number of nitrogens with one attached hydrogen (secondary N) is 2. The van der Waals surface area contributed by atoms with Crippen molar-refractivity contribution >= 4 is 11.8 Å². The zero-order chi connectivity index (χ0) is 23.8. The SMILES string of the molecule is COc1ccc(COC(=O)N[C@@H]2CCCC[C@H]2N[C@H]2CCCN(c3ccc(C#N)cc3)C2)cc1. The highest BCUT2D eigenvalue weighted by Gasteiger charge is 2.30. The van der Waals surface area contributed by atoms with Crippen molar-refractivity contribution in [2.24, 2.45) is 0 Å². The number of anilines is 1. The molecule has 3 atom stereocenters. The van der Waals surface area contributed by atoms with Gasteiger partial charge >= 0.3 is 6.09 Å². The summed E-state index contributed by atoms with van der Waals surface area (Å²) in [5.41, 5.74) is 2.77. The summed E-state index contributed by atoms with van der Waals surface area (Å²) < 4.78 is 10.7. The van der Waals surface area contributed by atoms with E-state index >= 15 is 0 Å². The van der Waals surface area contributed by atoms with Crippen LogP contribution < -0.4 is 20.3 Å². The molecular weight excluding hydrogens is 428 g/mol. The number of benzene rings is 2. The van der Waals surface area contributed by atoms with Crippen molar-refractivity contribution in [1.82, 2.24) is 10.6 Å². The van der Waals surface area contributed by atoms with Crippen LogP contribution in [0.2, 0.25) is 0 Å². The minimum absolute atomic E-state index is 0.0717. The predicted octanol–water partition coefficient (Wildman–Crippen LogP) is 4.36. The van der Waals surface area contributed by atoms with Crippen LogP contribution in [0, 0.1) is 11.3 Å². The molecule has 2 aliphatic rings. The lowest BCUT2D eigenvalue weighted by atomic mass is 9.89. The topological polar surface area (TPSA) is 86.6 Å². The fourth-order valence-electron chi connectivity index (χ4n) is 4.96. The Labute approximate surface area is 202 Å². The second-order valence-electron chi connectivity index (χ2n) is 9.18. The summed E-state index contributed by atoms with van der Waals surface area (Å²) in [6.45, 7) is 2.19.